The summed E-state index contributed by atoms with van der Waals surface area (Å²) in [6.07, 6.45) is 6.42. The average Bonchev–Trinajstić information content (AvgIpc) is 3.02. The lowest BCUT2D eigenvalue weighted by atomic mass is 9.84. The molecule has 10 nitrogen and oxygen atoms in total. The molecule has 4 amide bonds. The Morgan fingerprint density at radius 2 is 1.75 bits per heavy atom. The minimum atomic E-state index is -1.18. The maximum absolute atomic E-state index is 13.3. The molecular formula is C34H46N4O6. The van der Waals surface area contributed by atoms with Crippen molar-refractivity contribution in [1.82, 2.24) is 20.9 Å². The number of hydrogen-bond acceptors (Lipinski definition) is 6. The van der Waals surface area contributed by atoms with E-state index < -0.39 is 29.8 Å². The highest BCUT2D eigenvalue weighted by atomic mass is 16.5. The molecule has 0 saturated heterocycles. The highest BCUT2D eigenvalue weighted by Gasteiger charge is 2.30. The Balaban J connectivity index is 1.41. The number of nitrogens with one attached hydrogen (secondary N) is 3. The van der Waals surface area contributed by atoms with Gasteiger partial charge in [-0.15, -0.1) is 0 Å². The Bertz CT molecular complexity index is 1270. The van der Waals surface area contributed by atoms with Gasteiger partial charge >= 0.3 is 0 Å². The second kappa shape index (κ2) is 16.1. The van der Waals surface area contributed by atoms with Crippen LogP contribution in [0.15, 0.2) is 48.5 Å². The van der Waals surface area contributed by atoms with Gasteiger partial charge in [-0.1, -0.05) is 57.4 Å². The maximum Gasteiger partial charge on any atom is 0.255 e. The van der Waals surface area contributed by atoms with Gasteiger partial charge in [0.1, 0.15) is 36.8 Å². The average molecular weight is 607 g/mol. The summed E-state index contributed by atoms with van der Waals surface area (Å²) in [7, 11) is 1.65. The first-order valence-electron chi connectivity index (χ1n) is 15.8. The zero-order valence-electron chi connectivity index (χ0n) is 26.1. The van der Waals surface area contributed by atoms with Gasteiger partial charge in [0.05, 0.1) is 25.1 Å². The van der Waals surface area contributed by atoms with Gasteiger partial charge in [0.25, 0.3) is 5.91 Å². The fraction of sp³-hybridized carbons (Fsp3) is 0.529. The van der Waals surface area contributed by atoms with E-state index in [1.807, 2.05) is 26.0 Å². The van der Waals surface area contributed by atoms with E-state index in [0.29, 0.717) is 23.8 Å². The third-order valence-electron chi connectivity index (χ3n) is 8.17. The van der Waals surface area contributed by atoms with Crippen LogP contribution in [-0.2, 0) is 14.4 Å². The zero-order valence-corrected chi connectivity index (χ0v) is 26.1. The van der Waals surface area contributed by atoms with Gasteiger partial charge in [0.2, 0.25) is 17.7 Å². The van der Waals surface area contributed by atoms with Gasteiger partial charge in [0.15, 0.2) is 0 Å². The van der Waals surface area contributed by atoms with Crippen LogP contribution in [0.3, 0.4) is 0 Å². The Morgan fingerprint density at radius 1 is 1.02 bits per heavy atom. The van der Waals surface area contributed by atoms with Crippen LogP contribution < -0.4 is 25.4 Å². The molecule has 2 atom stereocenters. The number of rotatable bonds is 8. The van der Waals surface area contributed by atoms with E-state index in [0.717, 1.165) is 0 Å². The van der Waals surface area contributed by atoms with Crippen molar-refractivity contribution in [3.63, 3.8) is 0 Å². The lowest BCUT2D eigenvalue weighted by molar-refractivity contribution is -0.136. The number of carbonyl (C=O) groups is 4. The third-order valence-corrected chi connectivity index (χ3v) is 8.17. The molecule has 1 saturated carbocycles. The molecule has 0 spiro atoms. The van der Waals surface area contributed by atoms with Gasteiger partial charge < -0.3 is 30.3 Å². The van der Waals surface area contributed by atoms with Crippen LogP contribution in [0.5, 0.6) is 11.5 Å². The summed E-state index contributed by atoms with van der Waals surface area (Å²) in [4.78, 5) is 54.4. The molecule has 0 radical (unpaired) electrons. The van der Waals surface area contributed by atoms with Crippen molar-refractivity contribution in [2.24, 2.45) is 5.92 Å². The van der Waals surface area contributed by atoms with Crippen LogP contribution in [0.1, 0.15) is 80.6 Å². The summed E-state index contributed by atoms with van der Waals surface area (Å²) in [6, 6.07) is 12.9. The quantitative estimate of drug-likeness (QED) is 0.393. The first kappa shape index (κ1) is 32.8. The van der Waals surface area contributed by atoms with Gasteiger partial charge in [0, 0.05) is 7.05 Å². The number of carbonyl (C=O) groups excluding carboxylic acids is 4. The Labute approximate surface area is 260 Å². The molecule has 3 N–H and O–H groups in total. The number of benzene rings is 2. The SMILES string of the molecule is CC(C)C[C@@H]1NC(=O)C[C@@H](C(=O)NCCOc2ccc(C3CCCCC3)cc2)NC(=O)c2ccccc2OCCN(C)C1=O. The highest BCUT2D eigenvalue weighted by molar-refractivity contribution is 6.01. The largest absolute Gasteiger partial charge is 0.492 e. The van der Waals surface area contributed by atoms with E-state index in [1.54, 1.807) is 31.3 Å². The van der Waals surface area contributed by atoms with E-state index in [2.05, 4.69) is 28.1 Å². The monoisotopic (exact) mass is 606 g/mol. The molecule has 1 fully saturated rings. The molecule has 10 heteroatoms. The summed E-state index contributed by atoms with van der Waals surface area (Å²) in [5, 5.41) is 8.27. The maximum atomic E-state index is 13.3. The fourth-order valence-electron chi connectivity index (χ4n) is 5.76. The summed E-state index contributed by atoms with van der Waals surface area (Å²) in [5.41, 5.74) is 1.57. The first-order chi connectivity index (χ1) is 21.2. The Kier molecular flexibility index (Phi) is 12.0. The number of likely N-dealkylation sites (N-methyl/N-ethyl adjacent to an activating group) is 1. The molecule has 2 aromatic carbocycles. The molecule has 0 bridgehead atoms. The van der Waals surface area contributed by atoms with Crippen molar-refractivity contribution in [3.8, 4) is 11.5 Å². The van der Waals surface area contributed by atoms with Crippen molar-refractivity contribution >= 4 is 23.6 Å². The molecule has 0 aromatic heterocycles. The molecule has 2 aliphatic rings. The second-order valence-corrected chi connectivity index (χ2v) is 12.1. The van der Waals surface area contributed by atoms with Gasteiger partial charge in [-0.3, -0.25) is 19.2 Å². The molecule has 1 heterocycles. The molecule has 0 unspecified atom stereocenters. The van der Waals surface area contributed by atoms with E-state index in [1.165, 1.54) is 42.6 Å². The lowest BCUT2D eigenvalue weighted by Gasteiger charge is -2.27. The van der Waals surface area contributed by atoms with Gasteiger partial charge in [-0.2, -0.15) is 0 Å². The third kappa shape index (κ3) is 9.46. The van der Waals surface area contributed by atoms with E-state index in [-0.39, 0.29) is 50.1 Å². The Morgan fingerprint density at radius 3 is 2.48 bits per heavy atom. The molecule has 44 heavy (non-hydrogen) atoms. The summed E-state index contributed by atoms with van der Waals surface area (Å²) in [5.74, 6) is -0.0182. The van der Waals surface area contributed by atoms with E-state index in [9.17, 15) is 19.2 Å². The molecule has 238 valence electrons. The summed E-state index contributed by atoms with van der Waals surface area (Å²) >= 11 is 0. The normalized spacial score (nSPS) is 20.5. The van der Waals surface area contributed by atoms with Crippen molar-refractivity contribution < 1.29 is 28.7 Å². The van der Waals surface area contributed by atoms with Crippen LogP contribution in [0, 0.1) is 5.92 Å². The number of para-hydroxylation sites is 1. The van der Waals surface area contributed by atoms with E-state index in [4.69, 9.17) is 9.47 Å². The molecular weight excluding hydrogens is 560 g/mol. The first-order valence-corrected chi connectivity index (χ1v) is 15.8. The van der Waals surface area contributed by atoms with Crippen LogP contribution in [0.25, 0.3) is 0 Å². The summed E-state index contributed by atoms with van der Waals surface area (Å²) in [6.45, 7) is 4.76. The smallest absolute Gasteiger partial charge is 0.255 e. The number of nitrogens with zero attached hydrogens (tertiary/aromatic N) is 1. The zero-order chi connectivity index (χ0) is 31.5. The number of ether oxygens (including phenoxy) is 2. The predicted octanol–water partition coefficient (Wildman–Crippen LogP) is 3.80. The highest BCUT2D eigenvalue weighted by Crippen LogP contribution is 2.33. The van der Waals surface area contributed by atoms with Crippen LogP contribution in [-0.4, -0.2) is 74.0 Å². The minimum Gasteiger partial charge on any atom is -0.492 e. The van der Waals surface area contributed by atoms with Crippen LogP contribution in [0.2, 0.25) is 0 Å². The van der Waals surface area contributed by atoms with Gasteiger partial charge in [-0.05, 0) is 60.9 Å². The predicted molar refractivity (Wildman–Crippen MR) is 168 cm³/mol. The second-order valence-electron chi connectivity index (χ2n) is 12.1. The van der Waals surface area contributed by atoms with Crippen LogP contribution >= 0.6 is 0 Å². The van der Waals surface area contributed by atoms with Crippen molar-refractivity contribution in [2.75, 3.05) is 33.4 Å². The molecule has 4 rings (SSSR count). The fourth-order valence-corrected chi connectivity index (χ4v) is 5.76. The van der Waals surface area contributed by atoms with E-state index >= 15 is 0 Å². The molecule has 1 aliphatic carbocycles. The summed E-state index contributed by atoms with van der Waals surface area (Å²) < 4.78 is 11.7. The van der Waals surface area contributed by atoms with Crippen LogP contribution in [0.4, 0.5) is 0 Å². The molecule has 1 aliphatic heterocycles. The van der Waals surface area contributed by atoms with Crippen molar-refractivity contribution in [2.45, 2.75) is 76.8 Å². The van der Waals surface area contributed by atoms with Crippen molar-refractivity contribution in [3.05, 3.63) is 59.7 Å². The number of amides is 4. The minimum absolute atomic E-state index is 0.141. The number of fused-ring (bicyclic) bond motifs is 1. The Hall–Kier alpha value is -4.08. The standard InChI is InChI=1S/C34H46N4O6/c1-23(2)21-29-34(42)38(3)18-20-44-30-12-8-7-11-27(30)32(40)37-28(22-31(39)36-29)33(41)35-17-19-43-26-15-13-25(14-16-26)24-9-5-4-6-10-24/h7-8,11-16,23-24,28-29H,4-6,9-10,17-22H2,1-3H3,(H,35,41)(H,36,39)(H,37,40)/t28-,29-/m0/s1. The molecule has 2 aromatic rings. The van der Waals surface area contributed by atoms with Crippen molar-refractivity contribution in [1.29, 1.82) is 0 Å². The topological polar surface area (TPSA) is 126 Å². The lowest BCUT2D eigenvalue weighted by Crippen LogP contribution is -2.53. The van der Waals surface area contributed by atoms with Gasteiger partial charge in [-0.25, -0.2) is 0 Å². The number of hydrogen-bond donors (Lipinski definition) is 3.